The van der Waals surface area contributed by atoms with Crippen LogP contribution in [0.4, 0.5) is 0 Å². The van der Waals surface area contributed by atoms with Crippen LogP contribution in [0, 0.1) is 0 Å². The summed E-state index contributed by atoms with van der Waals surface area (Å²) in [4.78, 5) is 23.5. The first-order chi connectivity index (χ1) is 9.08. The van der Waals surface area contributed by atoms with Gasteiger partial charge >= 0.3 is 11.9 Å². The summed E-state index contributed by atoms with van der Waals surface area (Å²) in [5, 5.41) is 0. The first-order valence-electron chi connectivity index (χ1n) is 5.55. The third-order valence-corrected chi connectivity index (χ3v) is 2.94. The monoisotopic (exact) mass is 309 g/mol. The van der Waals surface area contributed by atoms with Gasteiger partial charge in [0.25, 0.3) is 16.0 Å². The molecule has 0 aromatic heterocycles. The standard InChI is InChI=1S/C10H16N2O7S/c1-12(2)9(13)7(10(14)17-3)8(11-12)18-5-6-19-20(4,15)16/h5-6H2,1-4H3/p+1. The van der Waals surface area contributed by atoms with E-state index in [1.165, 1.54) is 14.1 Å². The molecule has 10 heteroatoms. The number of amides is 1. The molecule has 0 aromatic rings. The minimum absolute atomic E-state index is 0.0658. The predicted molar refractivity (Wildman–Crippen MR) is 66.0 cm³/mol. The third-order valence-electron chi connectivity index (χ3n) is 2.35. The second-order valence-corrected chi connectivity index (χ2v) is 6.08. The van der Waals surface area contributed by atoms with Crippen molar-refractivity contribution in [3.63, 3.8) is 0 Å². The van der Waals surface area contributed by atoms with Gasteiger partial charge in [0.1, 0.15) is 13.2 Å². The topological polar surface area (TPSA) is 108 Å². The van der Waals surface area contributed by atoms with E-state index in [9.17, 15) is 18.0 Å². The molecule has 0 saturated heterocycles. The molecule has 1 rings (SSSR count). The van der Waals surface area contributed by atoms with E-state index in [1.54, 1.807) is 0 Å². The van der Waals surface area contributed by atoms with Crippen LogP contribution in [0.3, 0.4) is 0 Å². The number of carbonyl (C=O) groups is 2. The molecule has 0 radical (unpaired) electrons. The number of ether oxygens (including phenoxy) is 2. The SMILES string of the molecule is COC(=O)C1=C(OCCOS(C)(=O)=O)N[N+](C)(C)C1=O. The minimum atomic E-state index is -3.57. The van der Waals surface area contributed by atoms with E-state index in [-0.39, 0.29) is 29.3 Å². The van der Waals surface area contributed by atoms with Crippen LogP contribution < -0.4 is 5.43 Å². The van der Waals surface area contributed by atoms with Crippen LogP contribution in [0.2, 0.25) is 0 Å². The average Bonchev–Trinajstić information content (AvgIpc) is 2.54. The molecule has 0 unspecified atom stereocenters. The Kier molecular flexibility index (Phi) is 4.73. The molecule has 1 amide bonds. The lowest BCUT2D eigenvalue weighted by Gasteiger charge is -2.20. The van der Waals surface area contributed by atoms with E-state index in [0.29, 0.717) is 0 Å². The van der Waals surface area contributed by atoms with Crippen LogP contribution in [0.15, 0.2) is 11.5 Å². The first kappa shape index (κ1) is 16.4. The van der Waals surface area contributed by atoms with E-state index >= 15 is 0 Å². The third kappa shape index (κ3) is 3.92. The van der Waals surface area contributed by atoms with Gasteiger partial charge in [-0.05, 0) is 0 Å². The summed E-state index contributed by atoms with van der Waals surface area (Å²) in [6.45, 7) is -0.386. The molecule has 0 aliphatic carbocycles. The van der Waals surface area contributed by atoms with Crippen LogP contribution >= 0.6 is 0 Å². The van der Waals surface area contributed by atoms with Gasteiger partial charge in [0.15, 0.2) is 0 Å². The van der Waals surface area contributed by atoms with Gasteiger partial charge in [0.2, 0.25) is 5.57 Å². The molecule has 1 aliphatic heterocycles. The largest absolute Gasteiger partial charge is 0.473 e. The van der Waals surface area contributed by atoms with E-state index in [4.69, 9.17) is 4.74 Å². The number of nitrogens with one attached hydrogen (secondary N) is 1. The maximum atomic E-state index is 12.0. The number of esters is 1. The van der Waals surface area contributed by atoms with E-state index in [2.05, 4.69) is 14.3 Å². The highest BCUT2D eigenvalue weighted by molar-refractivity contribution is 7.85. The van der Waals surface area contributed by atoms with Gasteiger partial charge in [-0.3, -0.25) is 4.18 Å². The number of quaternary nitrogens is 1. The molecule has 9 nitrogen and oxygen atoms in total. The summed E-state index contributed by atoms with van der Waals surface area (Å²) < 4.78 is 35.4. The predicted octanol–water partition coefficient (Wildman–Crippen LogP) is -1.51. The number of hydrogen-bond acceptors (Lipinski definition) is 8. The molecule has 114 valence electrons. The van der Waals surface area contributed by atoms with E-state index < -0.39 is 22.0 Å². The summed E-state index contributed by atoms with van der Waals surface area (Å²) in [5.74, 6) is -1.41. The second kappa shape index (κ2) is 5.77. The lowest BCUT2D eigenvalue weighted by Crippen LogP contribution is -2.51. The molecule has 0 aromatic carbocycles. The zero-order chi connectivity index (χ0) is 15.6. The van der Waals surface area contributed by atoms with Gasteiger partial charge in [-0.15, -0.1) is 0 Å². The van der Waals surface area contributed by atoms with Gasteiger partial charge in [0.05, 0.1) is 27.5 Å². The van der Waals surface area contributed by atoms with Gasteiger partial charge in [-0.1, -0.05) is 0 Å². The zero-order valence-electron chi connectivity index (χ0n) is 11.6. The smallest absolute Gasteiger partial charge is 0.382 e. The Hall–Kier alpha value is -1.65. The Morgan fingerprint density at radius 3 is 2.40 bits per heavy atom. The number of hydrogen-bond donors (Lipinski definition) is 1. The van der Waals surface area contributed by atoms with Crippen LogP contribution in [-0.2, 0) is 33.4 Å². The number of likely N-dealkylation sites (N-methyl/N-ethyl adjacent to an activating group) is 1. The van der Waals surface area contributed by atoms with Crippen molar-refractivity contribution in [2.45, 2.75) is 0 Å². The molecule has 0 spiro atoms. The van der Waals surface area contributed by atoms with Crippen LogP contribution in [0.25, 0.3) is 0 Å². The summed E-state index contributed by atoms with van der Waals surface area (Å²) in [7, 11) is 0.622. The molecule has 1 heterocycles. The number of rotatable bonds is 6. The van der Waals surface area contributed by atoms with Gasteiger partial charge < -0.3 is 9.47 Å². The molecule has 1 N–H and O–H groups in total. The average molecular weight is 309 g/mol. The number of carbonyl (C=O) groups excluding carboxylic acids is 2. The van der Waals surface area contributed by atoms with Crippen LogP contribution in [-0.4, -0.2) is 65.6 Å². The summed E-state index contributed by atoms with van der Waals surface area (Å²) in [6.07, 6.45) is 0.906. The summed E-state index contributed by atoms with van der Waals surface area (Å²) >= 11 is 0. The highest BCUT2D eigenvalue weighted by atomic mass is 32.2. The fraction of sp³-hybridized carbons (Fsp3) is 0.600. The highest BCUT2D eigenvalue weighted by Gasteiger charge is 2.46. The Bertz CT molecular complexity index is 550. The first-order valence-corrected chi connectivity index (χ1v) is 7.37. The van der Waals surface area contributed by atoms with Crippen molar-refractivity contribution in [1.29, 1.82) is 0 Å². The van der Waals surface area contributed by atoms with Crippen molar-refractivity contribution in [1.82, 2.24) is 5.43 Å². The lowest BCUT2D eigenvalue weighted by atomic mass is 10.2. The van der Waals surface area contributed by atoms with Gasteiger partial charge in [-0.25, -0.2) is 9.59 Å². The van der Waals surface area contributed by atoms with Crippen molar-refractivity contribution >= 4 is 22.0 Å². The van der Waals surface area contributed by atoms with E-state index in [1.807, 2.05) is 0 Å². The van der Waals surface area contributed by atoms with Crippen LogP contribution in [0.5, 0.6) is 0 Å². The quantitative estimate of drug-likeness (QED) is 0.207. The minimum Gasteiger partial charge on any atom is -0.473 e. The molecular formula is C10H17N2O7S+. The van der Waals surface area contributed by atoms with Crippen molar-refractivity contribution in [3.05, 3.63) is 11.5 Å². The maximum Gasteiger partial charge on any atom is 0.382 e. The van der Waals surface area contributed by atoms with Gasteiger partial charge in [0, 0.05) is 0 Å². The highest BCUT2D eigenvalue weighted by Crippen LogP contribution is 2.20. The normalized spacial score (nSPS) is 17.9. The molecule has 20 heavy (non-hydrogen) atoms. The van der Waals surface area contributed by atoms with Crippen molar-refractivity contribution in [2.24, 2.45) is 0 Å². The maximum absolute atomic E-state index is 12.0. The Morgan fingerprint density at radius 1 is 1.30 bits per heavy atom. The summed E-state index contributed by atoms with van der Waals surface area (Å²) in [5.41, 5.74) is 2.43. The molecule has 1 aliphatic rings. The van der Waals surface area contributed by atoms with Crippen molar-refractivity contribution in [2.75, 3.05) is 40.7 Å². The fourth-order valence-electron chi connectivity index (χ4n) is 1.45. The Morgan fingerprint density at radius 2 is 1.90 bits per heavy atom. The van der Waals surface area contributed by atoms with Crippen LogP contribution in [0.1, 0.15) is 0 Å². The number of methoxy groups -OCH3 is 1. The lowest BCUT2D eigenvalue weighted by molar-refractivity contribution is -0.850. The summed E-state index contributed by atoms with van der Waals surface area (Å²) in [6, 6.07) is 0. The van der Waals surface area contributed by atoms with E-state index in [0.717, 1.165) is 13.4 Å². The van der Waals surface area contributed by atoms with Crippen molar-refractivity contribution < 1.29 is 36.3 Å². The molecule has 0 bridgehead atoms. The van der Waals surface area contributed by atoms with Gasteiger partial charge in [-0.2, -0.15) is 18.4 Å². The molecule has 0 fully saturated rings. The second-order valence-electron chi connectivity index (χ2n) is 4.44. The Labute approximate surface area is 116 Å². The molecular weight excluding hydrogens is 292 g/mol. The zero-order valence-corrected chi connectivity index (χ0v) is 12.4. The Balaban J connectivity index is 2.76. The number of nitrogens with zero attached hydrogens (tertiary/aromatic N) is 1. The molecule has 0 saturated carbocycles. The van der Waals surface area contributed by atoms with Crippen molar-refractivity contribution in [3.8, 4) is 0 Å². The molecule has 0 atom stereocenters. The fourth-order valence-corrected chi connectivity index (χ4v) is 1.82.